The van der Waals surface area contributed by atoms with Crippen LogP contribution in [0, 0.1) is 17.6 Å². The molecule has 0 N–H and O–H groups in total. The van der Waals surface area contributed by atoms with Gasteiger partial charge in [-0.1, -0.05) is 17.7 Å². The van der Waals surface area contributed by atoms with Gasteiger partial charge in [0, 0.05) is 30.8 Å². The number of nitrogens with zero attached hydrogens (tertiary/aromatic N) is 3. The summed E-state index contributed by atoms with van der Waals surface area (Å²) in [5, 5.41) is -0.139. The lowest BCUT2D eigenvalue weighted by atomic mass is 10.2. The molecule has 2 aromatic carbocycles. The maximum Gasteiger partial charge on any atom is 0.214 e. The molecule has 4 rings (SSSR count). The Labute approximate surface area is 205 Å². The van der Waals surface area contributed by atoms with Gasteiger partial charge in [0.1, 0.15) is 33.1 Å². The van der Waals surface area contributed by atoms with E-state index in [2.05, 4.69) is 4.98 Å². The summed E-state index contributed by atoms with van der Waals surface area (Å²) < 4.78 is 56.6. The first-order valence-corrected chi connectivity index (χ1v) is 11.8. The first-order valence-electron chi connectivity index (χ1n) is 10.6. The van der Waals surface area contributed by atoms with Gasteiger partial charge in [0.25, 0.3) is 0 Å². The van der Waals surface area contributed by atoms with Crippen molar-refractivity contribution in [2.75, 3.05) is 36.5 Å². The van der Waals surface area contributed by atoms with Crippen LogP contribution in [0.4, 0.5) is 24.7 Å². The van der Waals surface area contributed by atoms with Crippen molar-refractivity contribution in [2.45, 2.75) is 24.3 Å². The zero-order chi connectivity index (χ0) is 24.2. The number of hydrogen-bond donors (Lipinski definition) is 0. The van der Waals surface area contributed by atoms with Gasteiger partial charge in [0.05, 0.1) is 26.5 Å². The lowest BCUT2D eigenvalue weighted by Crippen LogP contribution is -2.20. The number of halogens is 4. The molecule has 2 heterocycles. The number of hydrogen-bond acceptors (Lipinski definition) is 6. The maximum atomic E-state index is 15.3. The number of ether oxygens (including phenoxy) is 2. The number of rotatable bonds is 8. The van der Waals surface area contributed by atoms with Crippen molar-refractivity contribution in [3.8, 4) is 11.5 Å². The molecule has 5 nitrogen and oxygen atoms in total. The summed E-state index contributed by atoms with van der Waals surface area (Å²) in [6, 6.07) is 10.7. The Morgan fingerprint density at radius 3 is 2.50 bits per heavy atom. The monoisotopic (exact) mass is 509 g/mol. The highest BCUT2D eigenvalue weighted by Gasteiger charge is 2.26. The Kier molecular flexibility index (Phi) is 7.63. The van der Waals surface area contributed by atoms with Crippen LogP contribution in [-0.4, -0.2) is 32.3 Å². The minimum atomic E-state index is -0.864. The van der Waals surface area contributed by atoms with Crippen molar-refractivity contribution in [2.24, 2.45) is 0 Å². The van der Waals surface area contributed by atoms with E-state index < -0.39 is 17.6 Å². The largest absolute Gasteiger partial charge is 0.497 e. The summed E-state index contributed by atoms with van der Waals surface area (Å²) in [6.45, 7) is 1.50. The van der Waals surface area contributed by atoms with Crippen LogP contribution >= 0.6 is 23.5 Å². The predicted octanol–water partition coefficient (Wildman–Crippen LogP) is 6.48. The molecule has 0 amide bonds. The van der Waals surface area contributed by atoms with Gasteiger partial charge in [0.15, 0.2) is 5.82 Å². The fourth-order valence-electron chi connectivity index (χ4n) is 3.78. The number of aromatic nitrogens is 1. The van der Waals surface area contributed by atoms with E-state index in [1.54, 1.807) is 24.3 Å². The minimum absolute atomic E-state index is 0.110. The molecule has 0 spiro atoms. The first-order chi connectivity index (χ1) is 16.4. The van der Waals surface area contributed by atoms with Gasteiger partial charge in [-0.2, -0.15) is 4.39 Å². The SMILES string of the molecule is COc1ccc(CN(Sc2c(F)cc(N3CCCC3)c(Cl)c2F)c2cccc(F)n2)c(OC)c1. The second kappa shape index (κ2) is 10.7. The normalized spacial score (nSPS) is 13.3. The van der Waals surface area contributed by atoms with E-state index in [0.29, 0.717) is 35.8 Å². The zero-order valence-electron chi connectivity index (χ0n) is 18.7. The molecule has 1 saturated heterocycles. The Balaban J connectivity index is 1.72. The molecule has 180 valence electrons. The third-order valence-corrected chi connectivity index (χ3v) is 6.96. The first kappa shape index (κ1) is 24.3. The highest BCUT2D eigenvalue weighted by atomic mass is 35.5. The molecule has 1 aliphatic heterocycles. The fourth-order valence-corrected chi connectivity index (χ4v) is 5.05. The maximum absolute atomic E-state index is 15.3. The van der Waals surface area contributed by atoms with Gasteiger partial charge >= 0.3 is 0 Å². The summed E-state index contributed by atoms with van der Waals surface area (Å²) in [4.78, 5) is 5.48. The molecule has 0 atom stereocenters. The number of methoxy groups -OCH3 is 2. The van der Waals surface area contributed by atoms with Crippen molar-refractivity contribution < 1.29 is 22.6 Å². The van der Waals surface area contributed by atoms with Crippen molar-refractivity contribution in [3.63, 3.8) is 0 Å². The Hall–Kier alpha value is -2.78. The predicted molar refractivity (Wildman–Crippen MR) is 129 cm³/mol. The molecule has 34 heavy (non-hydrogen) atoms. The smallest absolute Gasteiger partial charge is 0.214 e. The number of benzene rings is 2. The van der Waals surface area contributed by atoms with Crippen molar-refractivity contribution >= 4 is 35.1 Å². The molecule has 0 saturated carbocycles. The van der Waals surface area contributed by atoms with Gasteiger partial charge in [-0.25, -0.2) is 13.8 Å². The molecule has 1 fully saturated rings. The molecule has 0 bridgehead atoms. The van der Waals surface area contributed by atoms with E-state index in [4.69, 9.17) is 21.1 Å². The summed E-state index contributed by atoms with van der Waals surface area (Å²) in [7, 11) is 3.04. The second-order valence-electron chi connectivity index (χ2n) is 7.65. The Morgan fingerprint density at radius 1 is 1.06 bits per heavy atom. The third kappa shape index (κ3) is 5.15. The van der Waals surface area contributed by atoms with Gasteiger partial charge < -0.3 is 14.4 Å². The van der Waals surface area contributed by atoms with Crippen molar-refractivity contribution in [1.29, 1.82) is 0 Å². The number of anilines is 2. The van der Waals surface area contributed by atoms with Crippen LogP contribution in [0.1, 0.15) is 18.4 Å². The molecule has 0 unspecified atom stereocenters. The summed E-state index contributed by atoms with van der Waals surface area (Å²) >= 11 is 7.08. The average Bonchev–Trinajstić information content (AvgIpc) is 3.38. The van der Waals surface area contributed by atoms with Crippen LogP contribution in [0.25, 0.3) is 0 Å². The van der Waals surface area contributed by atoms with E-state index in [0.717, 1.165) is 24.8 Å². The van der Waals surface area contributed by atoms with Crippen LogP contribution in [0.3, 0.4) is 0 Å². The van der Waals surface area contributed by atoms with Gasteiger partial charge in [-0.3, -0.25) is 4.31 Å². The molecule has 0 aliphatic carbocycles. The van der Waals surface area contributed by atoms with Crippen LogP contribution in [0.2, 0.25) is 5.02 Å². The molecule has 0 radical (unpaired) electrons. The van der Waals surface area contributed by atoms with Crippen LogP contribution < -0.4 is 18.7 Å². The van der Waals surface area contributed by atoms with Crippen LogP contribution in [-0.2, 0) is 6.54 Å². The van der Waals surface area contributed by atoms with Crippen LogP contribution in [0.5, 0.6) is 11.5 Å². The summed E-state index contributed by atoms with van der Waals surface area (Å²) in [5.41, 5.74) is 1.02. The minimum Gasteiger partial charge on any atom is -0.497 e. The van der Waals surface area contributed by atoms with E-state index >= 15 is 8.78 Å². The van der Waals surface area contributed by atoms with E-state index in [9.17, 15) is 4.39 Å². The zero-order valence-corrected chi connectivity index (χ0v) is 20.2. The van der Waals surface area contributed by atoms with Crippen LogP contribution in [0.15, 0.2) is 47.4 Å². The van der Waals surface area contributed by atoms with Gasteiger partial charge in [0.2, 0.25) is 5.95 Å². The molecular formula is C24H23ClF3N3O2S. The fraction of sp³-hybridized carbons (Fsp3) is 0.292. The molecule has 10 heteroatoms. The quantitative estimate of drug-likeness (QED) is 0.196. The molecular weight excluding hydrogens is 487 g/mol. The Morgan fingerprint density at radius 2 is 1.82 bits per heavy atom. The average molecular weight is 510 g/mol. The van der Waals surface area contributed by atoms with E-state index in [1.807, 2.05) is 4.90 Å². The number of pyridine rings is 1. The lowest BCUT2D eigenvalue weighted by Gasteiger charge is -2.25. The standard InChI is InChI=1S/C24H23ClF3N3O2S/c1-32-16-9-8-15(19(12-16)33-2)14-31(21-7-5-6-20(27)29-21)34-24-17(26)13-18(22(25)23(24)28)30-10-3-4-11-30/h5-9,12-13H,3-4,10-11,14H2,1-2H3. The summed E-state index contributed by atoms with van der Waals surface area (Å²) in [5.74, 6) is -1.06. The highest BCUT2D eigenvalue weighted by molar-refractivity contribution is 8.00. The Bertz CT molecular complexity index is 1180. The van der Waals surface area contributed by atoms with E-state index in [1.165, 1.54) is 36.7 Å². The summed E-state index contributed by atoms with van der Waals surface area (Å²) in [6.07, 6.45) is 1.89. The molecule has 1 aromatic heterocycles. The molecule has 1 aliphatic rings. The highest BCUT2D eigenvalue weighted by Crippen LogP contribution is 2.41. The van der Waals surface area contributed by atoms with Crippen molar-refractivity contribution in [1.82, 2.24) is 4.98 Å². The van der Waals surface area contributed by atoms with E-state index in [-0.39, 0.29) is 22.3 Å². The van der Waals surface area contributed by atoms with Crippen molar-refractivity contribution in [3.05, 3.63) is 70.6 Å². The second-order valence-corrected chi connectivity index (χ2v) is 9.06. The van der Waals surface area contributed by atoms with Gasteiger partial charge in [-0.15, -0.1) is 0 Å². The third-order valence-electron chi connectivity index (χ3n) is 5.51. The lowest BCUT2D eigenvalue weighted by molar-refractivity contribution is 0.391. The van der Waals surface area contributed by atoms with Gasteiger partial charge in [-0.05, 0) is 49.1 Å². The molecule has 3 aromatic rings. The topological polar surface area (TPSA) is 37.8 Å².